The molecule has 1 aliphatic heterocycles. The van der Waals surface area contributed by atoms with Crippen LogP contribution >= 0.6 is 23.2 Å². The molecule has 1 saturated carbocycles. The zero-order chi connectivity index (χ0) is 20.0. The summed E-state index contributed by atoms with van der Waals surface area (Å²) in [7, 11) is -3.56. The molecule has 1 saturated heterocycles. The molecule has 27 heavy (non-hydrogen) atoms. The summed E-state index contributed by atoms with van der Waals surface area (Å²) in [5.41, 5.74) is 0.373. The van der Waals surface area contributed by atoms with Crippen molar-refractivity contribution in [1.29, 1.82) is 0 Å². The lowest BCUT2D eigenvalue weighted by Gasteiger charge is -2.35. The molecule has 3 rings (SSSR count). The molecule has 2 unspecified atom stereocenters. The maximum Gasteiger partial charge on any atom is 0.243 e. The van der Waals surface area contributed by atoms with Gasteiger partial charge in [-0.05, 0) is 43.4 Å². The normalized spacial score (nSPS) is 26.6. The van der Waals surface area contributed by atoms with Gasteiger partial charge in [0.25, 0.3) is 0 Å². The van der Waals surface area contributed by atoms with Crippen LogP contribution in [0.3, 0.4) is 0 Å². The molecule has 0 spiro atoms. The minimum atomic E-state index is -3.56. The van der Waals surface area contributed by atoms with E-state index in [0.29, 0.717) is 30.3 Å². The van der Waals surface area contributed by atoms with Crippen molar-refractivity contribution in [3.05, 3.63) is 29.8 Å². The number of hydrogen-bond acceptors (Lipinski definition) is 3. The summed E-state index contributed by atoms with van der Waals surface area (Å²) in [6.07, 6.45) is 1.44. The van der Waals surface area contributed by atoms with Gasteiger partial charge in [-0.3, -0.25) is 4.79 Å². The first-order valence-electron chi connectivity index (χ1n) is 9.30. The number of sulfonamides is 1. The summed E-state index contributed by atoms with van der Waals surface area (Å²) in [4.78, 5) is 14.6. The van der Waals surface area contributed by atoms with Gasteiger partial charge in [-0.15, -0.1) is 23.2 Å². The molecule has 5 nitrogen and oxygen atoms in total. The number of rotatable bonds is 5. The fourth-order valence-electron chi connectivity index (χ4n) is 3.47. The van der Waals surface area contributed by atoms with Crippen molar-refractivity contribution < 1.29 is 13.2 Å². The lowest BCUT2D eigenvalue weighted by atomic mass is 9.99. The first-order valence-corrected chi connectivity index (χ1v) is 11.5. The number of hydrogen-bond donors (Lipinski definition) is 0. The standard InChI is InChI=1S/C19H26Cl2N2O3S/c1-4-14(2)15-5-7-16(8-6-15)27(25,26)23-11-9-22(10-12-23)17(24)18(3)13-19(18,20)21/h5-8,14H,4,9-13H2,1-3H3. The molecule has 0 bridgehead atoms. The lowest BCUT2D eigenvalue weighted by Crippen LogP contribution is -2.52. The fraction of sp³-hybridized carbons (Fsp3) is 0.632. The van der Waals surface area contributed by atoms with E-state index in [0.717, 1.165) is 12.0 Å². The fourth-order valence-corrected chi connectivity index (χ4v) is 5.58. The third kappa shape index (κ3) is 3.74. The number of benzene rings is 1. The van der Waals surface area contributed by atoms with Crippen molar-refractivity contribution in [1.82, 2.24) is 9.21 Å². The second-order valence-corrected chi connectivity index (χ2v) is 11.2. The molecule has 2 atom stereocenters. The number of carbonyl (C=O) groups excluding carboxylic acids is 1. The monoisotopic (exact) mass is 432 g/mol. The summed E-state index contributed by atoms with van der Waals surface area (Å²) in [6.45, 7) is 7.24. The van der Waals surface area contributed by atoms with Gasteiger partial charge in [-0.25, -0.2) is 8.42 Å². The molecule has 0 aromatic heterocycles. The first kappa shape index (κ1) is 20.9. The summed E-state index contributed by atoms with van der Waals surface area (Å²) >= 11 is 12.2. The van der Waals surface area contributed by atoms with Crippen LogP contribution in [0.25, 0.3) is 0 Å². The number of amides is 1. The molecule has 8 heteroatoms. The minimum absolute atomic E-state index is 0.0949. The Hall–Kier alpha value is -0.820. The number of nitrogens with zero attached hydrogens (tertiary/aromatic N) is 2. The molecule has 1 aromatic rings. The Morgan fingerprint density at radius 3 is 2.11 bits per heavy atom. The first-order chi connectivity index (χ1) is 12.5. The van der Waals surface area contributed by atoms with E-state index >= 15 is 0 Å². The Kier molecular flexibility index (Phi) is 5.58. The van der Waals surface area contributed by atoms with E-state index in [1.807, 2.05) is 12.1 Å². The third-order valence-corrected chi connectivity index (χ3v) is 8.97. The maximum absolute atomic E-state index is 12.9. The number of piperazine rings is 1. The zero-order valence-corrected chi connectivity index (χ0v) is 18.2. The topological polar surface area (TPSA) is 57.7 Å². The predicted octanol–water partition coefficient (Wildman–Crippen LogP) is 3.62. The largest absolute Gasteiger partial charge is 0.339 e. The van der Waals surface area contributed by atoms with Crippen LogP contribution in [0.2, 0.25) is 0 Å². The molecule has 0 N–H and O–H groups in total. The Morgan fingerprint density at radius 1 is 1.15 bits per heavy atom. The highest BCUT2D eigenvalue weighted by molar-refractivity contribution is 7.89. The molecule has 150 valence electrons. The third-order valence-electron chi connectivity index (χ3n) is 5.96. The second kappa shape index (κ2) is 7.21. The van der Waals surface area contributed by atoms with E-state index < -0.39 is 19.8 Å². The van der Waals surface area contributed by atoms with Crippen LogP contribution in [-0.4, -0.2) is 54.0 Å². The maximum atomic E-state index is 12.9. The minimum Gasteiger partial charge on any atom is -0.339 e. The van der Waals surface area contributed by atoms with E-state index in [2.05, 4.69) is 13.8 Å². The molecule has 0 radical (unpaired) electrons. The van der Waals surface area contributed by atoms with Gasteiger partial charge in [0, 0.05) is 26.2 Å². The molecule has 1 amide bonds. The van der Waals surface area contributed by atoms with Gasteiger partial charge in [-0.2, -0.15) is 4.31 Å². The Morgan fingerprint density at radius 2 is 1.67 bits per heavy atom. The Bertz CT molecular complexity index is 818. The van der Waals surface area contributed by atoms with E-state index in [9.17, 15) is 13.2 Å². The summed E-state index contributed by atoms with van der Waals surface area (Å²) in [6, 6.07) is 7.12. The van der Waals surface area contributed by atoms with Gasteiger partial charge in [0.15, 0.2) is 0 Å². The average Bonchev–Trinajstić information content (AvgIpc) is 3.19. The molecule has 1 aliphatic carbocycles. The zero-order valence-electron chi connectivity index (χ0n) is 15.9. The molecule has 2 fully saturated rings. The van der Waals surface area contributed by atoms with E-state index in [-0.39, 0.29) is 19.0 Å². The highest BCUT2D eigenvalue weighted by atomic mass is 35.5. The smallest absolute Gasteiger partial charge is 0.243 e. The molecule has 1 heterocycles. The SMILES string of the molecule is CCC(C)c1ccc(S(=O)(=O)N2CCN(C(=O)C3(C)CC3(Cl)Cl)CC2)cc1. The van der Waals surface area contributed by atoms with Crippen LogP contribution in [0.15, 0.2) is 29.2 Å². The molecule has 1 aromatic carbocycles. The van der Waals surface area contributed by atoms with Gasteiger partial charge in [0.2, 0.25) is 15.9 Å². The highest BCUT2D eigenvalue weighted by Crippen LogP contribution is 2.64. The Balaban J connectivity index is 1.66. The highest BCUT2D eigenvalue weighted by Gasteiger charge is 2.68. The van der Waals surface area contributed by atoms with Crippen molar-refractivity contribution >= 4 is 39.1 Å². The van der Waals surface area contributed by atoms with E-state index in [1.54, 1.807) is 24.0 Å². The van der Waals surface area contributed by atoms with Crippen LogP contribution in [0, 0.1) is 5.41 Å². The van der Waals surface area contributed by atoms with Crippen LogP contribution in [0.1, 0.15) is 45.1 Å². The number of halogens is 2. The Labute approximate surface area is 171 Å². The molecule has 2 aliphatic rings. The molecular weight excluding hydrogens is 407 g/mol. The molecular formula is C19H26Cl2N2O3S. The summed E-state index contributed by atoms with van der Waals surface area (Å²) < 4.78 is 26.2. The van der Waals surface area contributed by atoms with Gasteiger partial charge < -0.3 is 4.90 Å². The van der Waals surface area contributed by atoms with Crippen molar-refractivity contribution in [2.75, 3.05) is 26.2 Å². The van der Waals surface area contributed by atoms with Gasteiger partial charge in [0.1, 0.15) is 4.33 Å². The summed E-state index contributed by atoms with van der Waals surface area (Å²) in [5.74, 6) is 0.304. The predicted molar refractivity (Wildman–Crippen MR) is 108 cm³/mol. The quantitative estimate of drug-likeness (QED) is 0.667. The van der Waals surface area contributed by atoms with Crippen LogP contribution in [-0.2, 0) is 14.8 Å². The summed E-state index contributed by atoms with van der Waals surface area (Å²) in [5, 5.41) is 0. The lowest BCUT2D eigenvalue weighted by molar-refractivity contribution is -0.137. The van der Waals surface area contributed by atoms with E-state index in [4.69, 9.17) is 23.2 Å². The van der Waals surface area contributed by atoms with Crippen molar-refractivity contribution in [3.63, 3.8) is 0 Å². The van der Waals surface area contributed by atoms with Crippen molar-refractivity contribution in [2.24, 2.45) is 5.41 Å². The van der Waals surface area contributed by atoms with Gasteiger partial charge in [-0.1, -0.05) is 26.0 Å². The second-order valence-electron chi connectivity index (χ2n) is 7.79. The number of alkyl halides is 2. The average molecular weight is 433 g/mol. The van der Waals surface area contributed by atoms with Crippen LogP contribution < -0.4 is 0 Å². The van der Waals surface area contributed by atoms with Crippen LogP contribution in [0.5, 0.6) is 0 Å². The van der Waals surface area contributed by atoms with Crippen LogP contribution in [0.4, 0.5) is 0 Å². The number of carbonyl (C=O) groups is 1. The van der Waals surface area contributed by atoms with E-state index in [1.165, 1.54) is 4.31 Å². The van der Waals surface area contributed by atoms with Gasteiger partial charge >= 0.3 is 0 Å². The van der Waals surface area contributed by atoms with Gasteiger partial charge in [0.05, 0.1) is 10.3 Å². The van der Waals surface area contributed by atoms with Crippen molar-refractivity contribution in [3.8, 4) is 0 Å². The van der Waals surface area contributed by atoms with Crippen molar-refractivity contribution in [2.45, 2.75) is 48.8 Å².